The first-order chi connectivity index (χ1) is 13.8. The zero-order chi connectivity index (χ0) is 20.2. The van der Waals surface area contributed by atoms with Crippen LogP contribution in [0.4, 0.5) is 0 Å². The van der Waals surface area contributed by atoms with Gasteiger partial charge in [0.15, 0.2) is 21.2 Å². The van der Waals surface area contributed by atoms with Crippen LogP contribution in [0.2, 0.25) is 0 Å². The van der Waals surface area contributed by atoms with Crippen molar-refractivity contribution in [1.82, 2.24) is 9.80 Å². The quantitative estimate of drug-likeness (QED) is 0.668. The fourth-order valence-electron chi connectivity index (χ4n) is 5.22. The highest BCUT2D eigenvalue weighted by atomic mass is 33.1. The molecule has 7 nitrogen and oxygen atoms in total. The van der Waals surface area contributed by atoms with Gasteiger partial charge >= 0.3 is 0 Å². The van der Waals surface area contributed by atoms with Crippen molar-refractivity contribution in [2.45, 2.75) is 54.9 Å². The standard InChI is InChI=1S/C20H19N3O4S2/c1-18(9-21)8-20-17(25)22(12-4-5-12)19(2,28-29-20)16(24)23(20)15(18)11-3-6-13-14(7-11)27-10-26-13/h3,6-7,12,15H,4-5,8,10H2,1-2H3/t15-,18-,19-,20+/m1/s1. The Hall–Kier alpha value is -2.05. The lowest BCUT2D eigenvalue weighted by molar-refractivity contribution is -0.166. The lowest BCUT2D eigenvalue weighted by Gasteiger charge is -2.58. The monoisotopic (exact) mass is 429 g/mol. The number of hydrogen-bond acceptors (Lipinski definition) is 7. The number of hydrogen-bond donors (Lipinski definition) is 0. The van der Waals surface area contributed by atoms with E-state index < -0.39 is 21.2 Å². The van der Waals surface area contributed by atoms with Gasteiger partial charge in [0, 0.05) is 12.5 Å². The van der Waals surface area contributed by atoms with Crippen LogP contribution in [0.25, 0.3) is 0 Å². The second kappa shape index (κ2) is 5.35. The Bertz CT molecular complexity index is 1020. The number of nitrogens with zero attached hydrogens (tertiary/aromatic N) is 3. The Morgan fingerprint density at radius 1 is 1.10 bits per heavy atom. The van der Waals surface area contributed by atoms with Crippen LogP contribution < -0.4 is 9.47 Å². The fraction of sp³-hybridized carbons (Fsp3) is 0.550. The maximum atomic E-state index is 13.8. The lowest BCUT2D eigenvalue weighted by Crippen LogP contribution is -2.75. The van der Waals surface area contributed by atoms with Crippen LogP contribution in [-0.4, -0.2) is 44.2 Å². The number of fused-ring (bicyclic) bond motifs is 3. The third kappa shape index (κ3) is 2.01. The SMILES string of the molecule is C[C@]1(C#N)C[C@@]23SS[C@](C)(C(=O)N2[C@@H]1c1ccc2c(c1)OCO2)N(C1CC1)C3=O. The molecule has 2 bridgehead atoms. The average Bonchev–Trinajstić information content (AvgIpc) is 3.34. The van der Waals surface area contributed by atoms with Gasteiger partial charge in [-0.25, -0.2) is 0 Å². The van der Waals surface area contributed by atoms with Crippen molar-refractivity contribution < 1.29 is 19.1 Å². The molecule has 29 heavy (non-hydrogen) atoms. The highest BCUT2D eigenvalue weighted by Crippen LogP contribution is 2.70. The van der Waals surface area contributed by atoms with E-state index in [9.17, 15) is 14.9 Å². The molecule has 9 heteroatoms. The Labute approximate surface area is 176 Å². The van der Waals surface area contributed by atoms with E-state index >= 15 is 0 Å². The third-order valence-electron chi connectivity index (χ3n) is 6.71. The van der Waals surface area contributed by atoms with Gasteiger partial charge in [0.1, 0.15) is 0 Å². The summed E-state index contributed by atoms with van der Waals surface area (Å²) in [5.74, 6) is 1.17. The van der Waals surface area contributed by atoms with Crippen molar-refractivity contribution in [3.8, 4) is 17.6 Å². The molecule has 2 amide bonds. The smallest absolute Gasteiger partial charge is 0.261 e. The number of ether oxygens (including phenoxy) is 2. The molecular formula is C20H19N3O4S2. The largest absolute Gasteiger partial charge is 0.454 e. The maximum absolute atomic E-state index is 13.8. The van der Waals surface area contributed by atoms with E-state index in [1.165, 1.54) is 21.6 Å². The molecule has 5 aliphatic heterocycles. The van der Waals surface area contributed by atoms with E-state index in [1.807, 2.05) is 36.9 Å². The molecule has 0 radical (unpaired) electrons. The van der Waals surface area contributed by atoms with Crippen molar-refractivity contribution in [3.63, 3.8) is 0 Å². The number of rotatable bonds is 2. The normalized spacial score (nSPS) is 39.7. The minimum Gasteiger partial charge on any atom is -0.454 e. The van der Waals surface area contributed by atoms with Gasteiger partial charge in [-0.15, -0.1) is 0 Å². The molecule has 5 heterocycles. The Balaban J connectivity index is 1.53. The van der Waals surface area contributed by atoms with Gasteiger partial charge in [-0.2, -0.15) is 5.26 Å². The second-order valence-corrected chi connectivity index (χ2v) is 11.5. The molecule has 1 saturated carbocycles. The van der Waals surface area contributed by atoms with Gasteiger partial charge in [-0.3, -0.25) is 9.59 Å². The van der Waals surface area contributed by atoms with Crippen LogP contribution in [0.1, 0.15) is 44.7 Å². The summed E-state index contributed by atoms with van der Waals surface area (Å²) in [5.41, 5.74) is -0.0896. The van der Waals surface area contributed by atoms with Crippen molar-refractivity contribution in [2.24, 2.45) is 5.41 Å². The molecule has 0 N–H and O–H groups in total. The molecule has 4 atom stereocenters. The van der Waals surface area contributed by atoms with Gasteiger partial charge in [-0.05, 0) is 44.4 Å². The molecule has 4 saturated heterocycles. The molecule has 6 aliphatic rings. The zero-order valence-corrected chi connectivity index (χ0v) is 17.6. The van der Waals surface area contributed by atoms with Crippen LogP contribution in [0.5, 0.6) is 11.5 Å². The Kier molecular flexibility index (Phi) is 3.28. The maximum Gasteiger partial charge on any atom is 0.261 e. The summed E-state index contributed by atoms with van der Waals surface area (Å²) in [7, 11) is 2.93. The van der Waals surface area contributed by atoms with Crippen LogP contribution in [0.3, 0.4) is 0 Å². The first-order valence-electron chi connectivity index (χ1n) is 9.69. The predicted octanol–water partition coefficient (Wildman–Crippen LogP) is 3.03. The summed E-state index contributed by atoms with van der Waals surface area (Å²) in [6.45, 7) is 3.87. The highest BCUT2D eigenvalue weighted by molar-refractivity contribution is 8.78. The van der Waals surface area contributed by atoms with Crippen molar-refractivity contribution in [3.05, 3.63) is 23.8 Å². The topological polar surface area (TPSA) is 82.9 Å². The summed E-state index contributed by atoms with van der Waals surface area (Å²) < 4.78 is 10.9. The van der Waals surface area contributed by atoms with Crippen LogP contribution in [0, 0.1) is 16.7 Å². The van der Waals surface area contributed by atoms with Crippen LogP contribution in [0.15, 0.2) is 18.2 Å². The minimum atomic E-state index is -1.03. The van der Waals surface area contributed by atoms with Gasteiger partial charge in [0.05, 0.1) is 17.5 Å². The molecule has 0 unspecified atom stereocenters. The second-order valence-electron chi connectivity index (χ2n) is 8.74. The van der Waals surface area contributed by atoms with E-state index in [1.54, 1.807) is 4.90 Å². The van der Waals surface area contributed by atoms with Crippen molar-refractivity contribution >= 4 is 33.4 Å². The van der Waals surface area contributed by atoms with E-state index in [0.29, 0.717) is 17.9 Å². The molecule has 1 spiro atoms. The molecular weight excluding hydrogens is 410 g/mol. The Morgan fingerprint density at radius 2 is 1.86 bits per heavy atom. The predicted molar refractivity (Wildman–Crippen MR) is 107 cm³/mol. The van der Waals surface area contributed by atoms with Gasteiger partial charge in [0.25, 0.3) is 11.8 Å². The lowest BCUT2D eigenvalue weighted by atomic mass is 9.79. The van der Waals surface area contributed by atoms with Gasteiger partial charge < -0.3 is 19.3 Å². The summed E-state index contributed by atoms with van der Waals surface area (Å²) in [6, 6.07) is 7.61. The van der Waals surface area contributed by atoms with Crippen LogP contribution >= 0.6 is 21.6 Å². The zero-order valence-electron chi connectivity index (χ0n) is 16.0. The number of nitriles is 1. The van der Waals surface area contributed by atoms with E-state index in [4.69, 9.17) is 9.47 Å². The number of piperazine rings is 1. The van der Waals surface area contributed by atoms with E-state index in [-0.39, 0.29) is 24.6 Å². The first-order valence-corrected chi connectivity index (χ1v) is 11.8. The summed E-state index contributed by atoms with van der Waals surface area (Å²) in [4.78, 5) is 29.1. The van der Waals surface area contributed by atoms with Gasteiger partial charge in [-0.1, -0.05) is 27.7 Å². The molecule has 1 aromatic carbocycles. The molecule has 5 fully saturated rings. The van der Waals surface area contributed by atoms with Crippen molar-refractivity contribution in [2.75, 3.05) is 6.79 Å². The van der Waals surface area contributed by atoms with Crippen LogP contribution in [-0.2, 0) is 9.59 Å². The summed E-state index contributed by atoms with van der Waals surface area (Å²) in [6.07, 6.45) is 2.20. The van der Waals surface area contributed by atoms with Gasteiger partial charge in [0.2, 0.25) is 6.79 Å². The number of amides is 2. The number of carbonyl (C=O) groups is 2. The highest BCUT2D eigenvalue weighted by Gasteiger charge is 2.76. The fourth-order valence-corrected chi connectivity index (χ4v) is 8.79. The molecule has 0 aromatic heterocycles. The average molecular weight is 430 g/mol. The Morgan fingerprint density at radius 3 is 2.59 bits per heavy atom. The summed E-state index contributed by atoms with van der Waals surface area (Å²) in [5, 5.41) is 10.2. The number of benzene rings is 1. The molecule has 7 rings (SSSR count). The molecule has 150 valence electrons. The minimum absolute atomic E-state index is 0.0180. The number of carbonyl (C=O) groups excluding carboxylic acids is 2. The van der Waals surface area contributed by atoms with Crippen molar-refractivity contribution in [1.29, 1.82) is 5.26 Å². The summed E-state index contributed by atoms with van der Waals surface area (Å²) >= 11 is 0. The third-order valence-corrected chi connectivity index (χ3v) is 10.3. The van der Waals surface area contributed by atoms with E-state index in [2.05, 4.69) is 6.07 Å². The molecule has 1 aromatic rings. The first kappa shape index (κ1) is 17.8. The molecule has 1 aliphatic carbocycles. The van der Waals surface area contributed by atoms with E-state index in [0.717, 1.165) is 18.4 Å².